The van der Waals surface area contributed by atoms with Crippen molar-refractivity contribution >= 4 is 5.97 Å². The Kier molecular flexibility index (Phi) is 2.27. The van der Waals surface area contributed by atoms with Gasteiger partial charge in [0.15, 0.2) is 0 Å². The molecule has 76 valence electrons. The first kappa shape index (κ1) is 9.24. The monoisotopic (exact) mass is 194 g/mol. The van der Waals surface area contributed by atoms with E-state index in [9.17, 15) is 4.79 Å². The number of hydrogen-bond donors (Lipinski definition) is 1. The third-order valence-corrected chi connectivity index (χ3v) is 2.96. The van der Waals surface area contributed by atoms with Crippen LogP contribution in [-0.2, 0) is 7.05 Å². The number of carboxylic acids is 1. The average molecular weight is 194 g/mol. The zero-order valence-electron chi connectivity index (χ0n) is 8.23. The van der Waals surface area contributed by atoms with Crippen molar-refractivity contribution < 1.29 is 9.90 Å². The fourth-order valence-electron chi connectivity index (χ4n) is 2.30. The number of aryl methyl sites for hydroxylation is 1. The SMILES string of the molecule is Cn1ncc(C(=O)O)c1C1CCCC1. The van der Waals surface area contributed by atoms with Crippen molar-refractivity contribution in [2.45, 2.75) is 31.6 Å². The Bertz CT molecular complexity index is 351. The molecule has 1 aliphatic rings. The summed E-state index contributed by atoms with van der Waals surface area (Å²) in [5, 5.41) is 13.0. The van der Waals surface area contributed by atoms with Crippen molar-refractivity contribution in [1.82, 2.24) is 9.78 Å². The summed E-state index contributed by atoms with van der Waals surface area (Å²) in [6.07, 6.45) is 6.05. The van der Waals surface area contributed by atoms with E-state index in [0.29, 0.717) is 11.5 Å². The van der Waals surface area contributed by atoms with Gasteiger partial charge in [0.1, 0.15) is 5.56 Å². The predicted octanol–water partition coefficient (Wildman–Crippen LogP) is 1.78. The van der Waals surface area contributed by atoms with Gasteiger partial charge in [-0.25, -0.2) is 4.79 Å². The zero-order valence-corrected chi connectivity index (χ0v) is 8.23. The normalized spacial score (nSPS) is 17.5. The average Bonchev–Trinajstić information content (AvgIpc) is 2.71. The molecule has 1 saturated carbocycles. The molecular formula is C10H14N2O2. The van der Waals surface area contributed by atoms with E-state index in [1.807, 2.05) is 7.05 Å². The first-order valence-corrected chi connectivity index (χ1v) is 4.95. The molecule has 0 unspecified atom stereocenters. The van der Waals surface area contributed by atoms with Gasteiger partial charge in [0, 0.05) is 13.0 Å². The van der Waals surface area contributed by atoms with Gasteiger partial charge in [-0.3, -0.25) is 4.68 Å². The molecule has 1 fully saturated rings. The molecule has 2 rings (SSSR count). The lowest BCUT2D eigenvalue weighted by atomic mass is 10.0. The second kappa shape index (κ2) is 3.44. The lowest BCUT2D eigenvalue weighted by Crippen LogP contribution is -2.08. The predicted molar refractivity (Wildman–Crippen MR) is 51.4 cm³/mol. The smallest absolute Gasteiger partial charge is 0.339 e. The fraction of sp³-hybridized carbons (Fsp3) is 0.600. The summed E-state index contributed by atoms with van der Waals surface area (Å²) in [6.45, 7) is 0. The standard InChI is InChI=1S/C10H14N2O2/c1-12-9(7-4-2-3-5-7)8(6-11-12)10(13)14/h6-7H,2-5H2,1H3,(H,13,14). The van der Waals surface area contributed by atoms with Crippen molar-refractivity contribution in [3.63, 3.8) is 0 Å². The Morgan fingerprint density at radius 3 is 2.79 bits per heavy atom. The number of aromatic carboxylic acids is 1. The number of carbonyl (C=O) groups is 1. The molecular weight excluding hydrogens is 180 g/mol. The molecule has 1 aromatic heterocycles. The highest BCUT2D eigenvalue weighted by Crippen LogP contribution is 2.35. The molecule has 0 aromatic carbocycles. The number of hydrogen-bond acceptors (Lipinski definition) is 2. The maximum absolute atomic E-state index is 10.9. The zero-order chi connectivity index (χ0) is 10.1. The molecule has 0 spiro atoms. The van der Waals surface area contributed by atoms with E-state index in [1.54, 1.807) is 4.68 Å². The first-order chi connectivity index (χ1) is 6.70. The number of carboxylic acid groups (broad SMARTS) is 1. The Morgan fingerprint density at radius 1 is 1.57 bits per heavy atom. The Labute approximate surface area is 82.5 Å². The summed E-state index contributed by atoms with van der Waals surface area (Å²) in [6, 6.07) is 0. The molecule has 1 aliphatic carbocycles. The lowest BCUT2D eigenvalue weighted by molar-refractivity contribution is 0.0695. The molecule has 4 heteroatoms. The molecule has 0 amide bonds. The van der Waals surface area contributed by atoms with Crippen LogP contribution in [0, 0.1) is 0 Å². The Hall–Kier alpha value is -1.32. The lowest BCUT2D eigenvalue weighted by Gasteiger charge is -2.10. The summed E-state index contributed by atoms with van der Waals surface area (Å²) in [7, 11) is 1.82. The largest absolute Gasteiger partial charge is 0.478 e. The van der Waals surface area contributed by atoms with Gasteiger partial charge in [0.05, 0.1) is 11.9 Å². The minimum Gasteiger partial charge on any atom is -0.478 e. The minimum absolute atomic E-state index is 0.374. The molecule has 1 N–H and O–H groups in total. The highest BCUT2D eigenvalue weighted by molar-refractivity contribution is 5.88. The molecule has 0 saturated heterocycles. The van der Waals surface area contributed by atoms with Crippen LogP contribution in [0.4, 0.5) is 0 Å². The van der Waals surface area contributed by atoms with E-state index in [-0.39, 0.29) is 0 Å². The van der Waals surface area contributed by atoms with Gasteiger partial charge in [-0.15, -0.1) is 0 Å². The summed E-state index contributed by atoms with van der Waals surface area (Å²) in [4.78, 5) is 10.9. The van der Waals surface area contributed by atoms with Crippen molar-refractivity contribution in [3.8, 4) is 0 Å². The van der Waals surface area contributed by atoms with E-state index < -0.39 is 5.97 Å². The molecule has 1 heterocycles. The number of rotatable bonds is 2. The van der Waals surface area contributed by atoms with Crippen molar-refractivity contribution in [2.24, 2.45) is 7.05 Å². The molecule has 0 bridgehead atoms. The van der Waals surface area contributed by atoms with Gasteiger partial charge in [-0.2, -0.15) is 5.10 Å². The third kappa shape index (κ3) is 1.41. The maximum Gasteiger partial charge on any atom is 0.339 e. The van der Waals surface area contributed by atoms with E-state index in [1.165, 1.54) is 19.0 Å². The number of aromatic nitrogens is 2. The highest BCUT2D eigenvalue weighted by Gasteiger charge is 2.25. The van der Waals surface area contributed by atoms with Crippen LogP contribution in [0.25, 0.3) is 0 Å². The van der Waals surface area contributed by atoms with Crippen LogP contribution in [0.1, 0.15) is 47.7 Å². The van der Waals surface area contributed by atoms with Gasteiger partial charge in [0.25, 0.3) is 0 Å². The van der Waals surface area contributed by atoms with Crippen molar-refractivity contribution in [2.75, 3.05) is 0 Å². The first-order valence-electron chi connectivity index (χ1n) is 4.95. The van der Waals surface area contributed by atoms with E-state index >= 15 is 0 Å². The van der Waals surface area contributed by atoms with E-state index in [0.717, 1.165) is 18.5 Å². The van der Waals surface area contributed by atoms with Crippen LogP contribution in [0.2, 0.25) is 0 Å². The molecule has 14 heavy (non-hydrogen) atoms. The van der Waals surface area contributed by atoms with Crippen LogP contribution in [0.15, 0.2) is 6.20 Å². The second-order valence-electron chi connectivity index (χ2n) is 3.85. The summed E-state index contributed by atoms with van der Waals surface area (Å²) >= 11 is 0. The molecule has 0 radical (unpaired) electrons. The highest BCUT2D eigenvalue weighted by atomic mass is 16.4. The molecule has 4 nitrogen and oxygen atoms in total. The quantitative estimate of drug-likeness (QED) is 0.780. The van der Waals surface area contributed by atoms with Gasteiger partial charge < -0.3 is 5.11 Å². The molecule has 0 atom stereocenters. The number of nitrogens with zero attached hydrogens (tertiary/aromatic N) is 2. The third-order valence-electron chi connectivity index (χ3n) is 2.96. The topological polar surface area (TPSA) is 55.1 Å². The molecule has 1 aromatic rings. The van der Waals surface area contributed by atoms with Crippen LogP contribution in [0.5, 0.6) is 0 Å². The van der Waals surface area contributed by atoms with Gasteiger partial charge in [0.2, 0.25) is 0 Å². The maximum atomic E-state index is 10.9. The minimum atomic E-state index is -0.861. The van der Waals surface area contributed by atoms with Gasteiger partial charge in [-0.05, 0) is 12.8 Å². The summed E-state index contributed by atoms with van der Waals surface area (Å²) in [5.74, 6) is -0.464. The van der Waals surface area contributed by atoms with Crippen molar-refractivity contribution in [1.29, 1.82) is 0 Å². The summed E-state index contributed by atoms with van der Waals surface area (Å²) in [5.41, 5.74) is 1.27. The fourth-order valence-corrected chi connectivity index (χ4v) is 2.30. The van der Waals surface area contributed by atoms with Crippen LogP contribution in [0.3, 0.4) is 0 Å². The Morgan fingerprint density at radius 2 is 2.21 bits per heavy atom. The van der Waals surface area contributed by atoms with E-state index in [4.69, 9.17) is 5.11 Å². The molecule has 0 aliphatic heterocycles. The van der Waals surface area contributed by atoms with E-state index in [2.05, 4.69) is 5.10 Å². The van der Waals surface area contributed by atoms with Crippen molar-refractivity contribution in [3.05, 3.63) is 17.5 Å². The van der Waals surface area contributed by atoms with Crippen LogP contribution >= 0.6 is 0 Å². The van der Waals surface area contributed by atoms with Crippen LogP contribution in [-0.4, -0.2) is 20.9 Å². The Balaban J connectivity index is 2.38. The van der Waals surface area contributed by atoms with Gasteiger partial charge >= 0.3 is 5.97 Å². The summed E-state index contributed by atoms with van der Waals surface area (Å²) < 4.78 is 1.71. The van der Waals surface area contributed by atoms with Gasteiger partial charge in [-0.1, -0.05) is 12.8 Å². The second-order valence-corrected chi connectivity index (χ2v) is 3.85. The van der Waals surface area contributed by atoms with Crippen LogP contribution < -0.4 is 0 Å².